The number of benzene rings is 4. The van der Waals surface area contributed by atoms with Crippen molar-refractivity contribution in [2.45, 2.75) is 12.5 Å². The van der Waals surface area contributed by atoms with Crippen molar-refractivity contribution < 1.29 is 4.74 Å². The molecule has 1 heterocycles. The van der Waals surface area contributed by atoms with E-state index in [1.165, 1.54) is 0 Å². The molecule has 4 heteroatoms. The molecule has 0 aliphatic carbocycles. The lowest BCUT2D eigenvalue weighted by Gasteiger charge is -2.26. The minimum absolute atomic E-state index is 0.103. The molecule has 0 amide bonds. The summed E-state index contributed by atoms with van der Waals surface area (Å²) in [4.78, 5) is 5.64. The summed E-state index contributed by atoms with van der Waals surface area (Å²) in [5.74, 6) is 0.621. The van der Waals surface area contributed by atoms with Crippen LogP contribution in [0.3, 0.4) is 0 Å². The molecule has 4 aromatic carbocycles. The molecule has 1 aliphatic rings. The zero-order chi connectivity index (χ0) is 26.2. The summed E-state index contributed by atoms with van der Waals surface area (Å²) in [6, 6.07) is 40.8. The molecule has 0 spiro atoms. The Balaban J connectivity index is 1.42. The molecule has 1 unspecified atom stereocenters. The van der Waals surface area contributed by atoms with E-state index in [0.29, 0.717) is 17.8 Å². The lowest BCUT2D eigenvalue weighted by molar-refractivity contribution is 0.118. The molecule has 38 heavy (non-hydrogen) atoms. The van der Waals surface area contributed by atoms with Gasteiger partial charge < -0.3 is 9.64 Å². The topological polar surface area (TPSA) is 40.6 Å². The third-order valence-electron chi connectivity index (χ3n) is 6.31. The average molecular weight is 492 g/mol. The van der Waals surface area contributed by atoms with Gasteiger partial charge in [-0.3, -0.25) is 0 Å². The van der Waals surface area contributed by atoms with Gasteiger partial charge in [0.05, 0.1) is 12.6 Å². The second-order valence-electron chi connectivity index (χ2n) is 8.80. The largest absolute Gasteiger partial charge is 0.485 e. The van der Waals surface area contributed by atoms with Gasteiger partial charge in [-0.05, 0) is 65.3 Å². The highest BCUT2D eigenvalue weighted by Crippen LogP contribution is 2.36. The zero-order valence-corrected chi connectivity index (χ0v) is 20.7. The quantitative estimate of drug-likeness (QED) is 0.200. The molecule has 0 aromatic heterocycles. The zero-order valence-electron chi connectivity index (χ0n) is 20.7. The summed E-state index contributed by atoms with van der Waals surface area (Å²) in [5, 5.41) is 9.45. The molecule has 182 valence electrons. The molecule has 1 atom stereocenters. The van der Waals surface area contributed by atoms with Crippen LogP contribution in [0.1, 0.15) is 23.7 Å². The number of nitriles is 1. The summed E-state index contributed by atoms with van der Waals surface area (Å²) < 4.78 is 6.26. The van der Waals surface area contributed by atoms with Crippen LogP contribution >= 0.6 is 0 Å². The minimum Gasteiger partial charge on any atom is -0.485 e. The van der Waals surface area contributed by atoms with Crippen LogP contribution in [0.4, 0.5) is 17.1 Å². The number of anilines is 3. The highest BCUT2D eigenvalue weighted by Gasteiger charge is 2.22. The number of hydrogen-bond donors (Lipinski definition) is 0. The van der Waals surface area contributed by atoms with Crippen molar-refractivity contribution >= 4 is 23.1 Å². The molecule has 0 fully saturated rings. The Morgan fingerprint density at radius 1 is 0.789 bits per heavy atom. The minimum atomic E-state index is -0.256. The van der Waals surface area contributed by atoms with E-state index >= 15 is 0 Å². The molecule has 0 N–H and O–H groups in total. The highest BCUT2D eigenvalue weighted by atomic mass is 16.5. The number of allylic oxidation sites excluding steroid dienone is 3. The monoisotopic (exact) mass is 491 g/mol. The fourth-order valence-electron chi connectivity index (χ4n) is 4.46. The van der Waals surface area contributed by atoms with Crippen molar-refractivity contribution in [3.63, 3.8) is 0 Å². The molecule has 1 aliphatic heterocycles. The van der Waals surface area contributed by atoms with Gasteiger partial charge in [0.25, 0.3) is 5.70 Å². The summed E-state index contributed by atoms with van der Waals surface area (Å²) in [5.41, 5.74) is 6.04. The molecule has 4 nitrogen and oxygen atoms in total. The van der Waals surface area contributed by atoms with Crippen LogP contribution in [0, 0.1) is 17.9 Å². The summed E-state index contributed by atoms with van der Waals surface area (Å²) in [6.07, 6.45) is 5.91. The van der Waals surface area contributed by atoms with Crippen molar-refractivity contribution in [2.75, 3.05) is 4.90 Å². The maximum Gasteiger partial charge on any atom is 0.265 e. The third-order valence-corrected chi connectivity index (χ3v) is 6.31. The van der Waals surface area contributed by atoms with Crippen molar-refractivity contribution in [1.29, 1.82) is 5.26 Å². The van der Waals surface area contributed by atoms with Crippen LogP contribution in [0.2, 0.25) is 0 Å². The van der Waals surface area contributed by atoms with E-state index in [4.69, 9.17) is 11.3 Å². The van der Waals surface area contributed by atoms with E-state index < -0.39 is 0 Å². The van der Waals surface area contributed by atoms with E-state index in [0.717, 1.165) is 28.2 Å². The van der Waals surface area contributed by atoms with Crippen LogP contribution in [0.25, 0.3) is 10.9 Å². The number of para-hydroxylation sites is 2. The maximum atomic E-state index is 9.45. The van der Waals surface area contributed by atoms with E-state index in [9.17, 15) is 5.26 Å². The Morgan fingerprint density at radius 3 is 1.89 bits per heavy atom. The van der Waals surface area contributed by atoms with Gasteiger partial charge >= 0.3 is 0 Å². The smallest absolute Gasteiger partial charge is 0.265 e. The highest BCUT2D eigenvalue weighted by molar-refractivity contribution is 5.77. The summed E-state index contributed by atoms with van der Waals surface area (Å²) in [6.45, 7) is 7.40. The number of nitrogens with zero attached hydrogens (tertiary/aromatic N) is 3. The van der Waals surface area contributed by atoms with Crippen molar-refractivity contribution in [2.24, 2.45) is 0 Å². The number of hydrogen-bond acceptors (Lipinski definition) is 3. The van der Waals surface area contributed by atoms with Gasteiger partial charge in [0.1, 0.15) is 11.9 Å². The Labute approximate surface area is 223 Å². The van der Waals surface area contributed by atoms with Crippen LogP contribution < -0.4 is 4.90 Å². The van der Waals surface area contributed by atoms with Crippen molar-refractivity contribution in [3.05, 3.63) is 167 Å². The first-order chi connectivity index (χ1) is 18.7. The second kappa shape index (κ2) is 11.6. The van der Waals surface area contributed by atoms with Crippen molar-refractivity contribution in [1.82, 2.24) is 0 Å². The Kier molecular flexibility index (Phi) is 7.45. The van der Waals surface area contributed by atoms with Gasteiger partial charge in [0.15, 0.2) is 0 Å². The van der Waals surface area contributed by atoms with Gasteiger partial charge in [-0.2, -0.15) is 0 Å². The third kappa shape index (κ3) is 5.57. The molecule has 0 saturated heterocycles. The average Bonchev–Trinajstić information content (AvgIpc) is 2.99. The first kappa shape index (κ1) is 24.4. The molecular weight excluding hydrogens is 466 g/mol. The molecule has 4 aromatic rings. The standard InChI is InChI=1S/C34H25N3O/c1-36-33(25-35)28-23-32(38-34(24-28)27-11-5-2-6-12-27)22-19-26-17-20-31(21-18-26)37(29-13-7-3-8-14-29)30-15-9-4-10-16-30/h2-23,34H,24H2/b22-19+,33-28?. The fourth-order valence-corrected chi connectivity index (χ4v) is 4.46. The predicted octanol–water partition coefficient (Wildman–Crippen LogP) is 8.91. The molecule has 0 saturated carbocycles. The Hall–Kier alpha value is -5.32. The second-order valence-corrected chi connectivity index (χ2v) is 8.80. The maximum absolute atomic E-state index is 9.45. The van der Waals surface area contributed by atoms with Crippen LogP contribution in [0.15, 0.2) is 144 Å². The van der Waals surface area contributed by atoms with Crippen molar-refractivity contribution in [3.8, 4) is 6.07 Å². The molecule has 0 bridgehead atoms. The first-order valence-corrected chi connectivity index (χ1v) is 12.4. The van der Waals surface area contributed by atoms with E-state index in [2.05, 4.69) is 58.3 Å². The van der Waals surface area contributed by atoms with Gasteiger partial charge in [-0.25, -0.2) is 10.1 Å². The molecule has 0 radical (unpaired) electrons. The summed E-state index contributed by atoms with van der Waals surface area (Å²) >= 11 is 0. The number of ether oxygens (including phenoxy) is 1. The van der Waals surface area contributed by atoms with E-state index in [1.807, 2.05) is 85.0 Å². The summed E-state index contributed by atoms with van der Waals surface area (Å²) in [7, 11) is 0. The normalized spacial score (nSPS) is 16.1. The SMILES string of the molecule is [C-]#[N+]C(C#N)=C1C=C(/C=C/c2ccc(N(c3ccccc3)c3ccccc3)cc2)OC(c2ccccc2)C1. The van der Waals surface area contributed by atoms with Gasteiger partial charge in [0.2, 0.25) is 0 Å². The van der Waals surface area contributed by atoms with Crippen LogP contribution in [0.5, 0.6) is 0 Å². The van der Waals surface area contributed by atoms with Crippen LogP contribution in [-0.4, -0.2) is 0 Å². The van der Waals surface area contributed by atoms with Crippen LogP contribution in [-0.2, 0) is 4.74 Å². The fraction of sp³-hybridized carbons (Fsp3) is 0.0588. The van der Waals surface area contributed by atoms with Gasteiger partial charge in [-0.15, -0.1) is 0 Å². The predicted molar refractivity (Wildman–Crippen MR) is 152 cm³/mol. The van der Waals surface area contributed by atoms with Gasteiger partial charge in [0, 0.05) is 23.5 Å². The first-order valence-electron chi connectivity index (χ1n) is 12.4. The molecule has 5 rings (SSSR count). The molecular formula is C34H25N3O. The lowest BCUT2D eigenvalue weighted by atomic mass is 9.97. The van der Waals surface area contributed by atoms with Gasteiger partial charge in [-0.1, -0.05) is 84.9 Å². The lowest BCUT2D eigenvalue weighted by Crippen LogP contribution is -2.10. The Bertz CT molecular complexity index is 1500. The van der Waals surface area contributed by atoms with E-state index in [1.54, 1.807) is 6.08 Å². The number of rotatable bonds is 6. The Morgan fingerprint density at radius 2 is 1.34 bits per heavy atom. The van der Waals surface area contributed by atoms with E-state index in [-0.39, 0.29) is 11.8 Å².